The van der Waals surface area contributed by atoms with Crippen LogP contribution in [0.15, 0.2) is 36.4 Å². The van der Waals surface area contributed by atoms with Crippen molar-refractivity contribution >= 4 is 38.9 Å². The molecule has 0 spiro atoms. The minimum atomic E-state index is -3.63. The molecule has 0 unspecified atom stereocenters. The van der Waals surface area contributed by atoms with E-state index in [1.54, 1.807) is 17.9 Å². The molecule has 2 aromatic carbocycles. The van der Waals surface area contributed by atoms with Gasteiger partial charge in [-0.3, -0.25) is 9.10 Å². The zero-order valence-corrected chi connectivity index (χ0v) is 20.3. The lowest BCUT2D eigenvalue weighted by Crippen LogP contribution is -2.55. The summed E-state index contributed by atoms with van der Waals surface area (Å²) in [6.45, 7) is 10.00. The summed E-state index contributed by atoms with van der Waals surface area (Å²) in [7, 11) is -3.63. The predicted molar refractivity (Wildman–Crippen MR) is 128 cm³/mol. The first kappa shape index (κ1) is 23.4. The summed E-state index contributed by atoms with van der Waals surface area (Å²) in [6.07, 6.45) is 1.14. The third-order valence-electron chi connectivity index (χ3n) is 5.91. The standard InChI is InChI=1S/C23H30ClN3O3S/c1-16-7-9-21(14-18(16)3)27(31(5,29)30)19(4)23(28)26-12-10-25(11-13-26)22-15-20(24)8-6-17(22)2/h6-9,14-15,19H,10-13H2,1-5H3/t19-/m1/s1. The fourth-order valence-electron chi connectivity index (χ4n) is 4.02. The van der Waals surface area contributed by atoms with Crippen molar-refractivity contribution in [2.24, 2.45) is 0 Å². The smallest absolute Gasteiger partial charge is 0.246 e. The molecule has 2 aromatic rings. The van der Waals surface area contributed by atoms with Crippen LogP contribution in [0, 0.1) is 20.8 Å². The Hall–Kier alpha value is -2.25. The second kappa shape index (κ2) is 9.09. The highest BCUT2D eigenvalue weighted by Gasteiger charge is 2.33. The summed E-state index contributed by atoms with van der Waals surface area (Å²) in [5, 5.41) is 0.685. The second-order valence-corrected chi connectivity index (χ2v) is 10.5. The Morgan fingerprint density at radius 1 is 0.968 bits per heavy atom. The number of hydrogen-bond donors (Lipinski definition) is 0. The molecule has 6 nitrogen and oxygen atoms in total. The van der Waals surface area contributed by atoms with Gasteiger partial charge >= 0.3 is 0 Å². The number of carbonyl (C=O) groups is 1. The summed E-state index contributed by atoms with van der Waals surface area (Å²) < 4.78 is 26.4. The normalized spacial score (nSPS) is 15.7. The number of carbonyl (C=O) groups excluding carboxylic acids is 1. The minimum absolute atomic E-state index is 0.189. The lowest BCUT2D eigenvalue weighted by Gasteiger charge is -2.39. The van der Waals surface area contributed by atoms with Crippen molar-refractivity contribution in [2.75, 3.05) is 41.6 Å². The third kappa shape index (κ3) is 5.15. The van der Waals surface area contributed by atoms with E-state index < -0.39 is 16.1 Å². The van der Waals surface area contributed by atoms with Crippen LogP contribution in [0.3, 0.4) is 0 Å². The molecule has 1 atom stereocenters. The summed E-state index contributed by atoms with van der Waals surface area (Å²) in [5.74, 6) is -0.189. The van der Waals surface area contributed by atoms with Gasteiger partial charge in [0.1, 0.15) is 6.04 Å². The van der Waals surface area contributed by atoms with Crippen molar-refractivity contribution in [3.8, 4) is 0 Å². The number of nitrogens with zero attached hydrogens (tertiary/aromatic N) is 3. The zero-order valence-electron chi connectivity index (χ0n) is 18.7. The van der Waals surface area contributed by atoms with Crippen LogP contribution in [0.25, 0.3) is 0 Å². The van der Waals surface area contributed by atoms with Gasteiger partial charge < -0.3 is 9.80 Å². The maximum absolute atomic E-state index is 13.3. The number of anilines is 2. The van der Waals surface area contributed by atoms with Gasteiger partial charge in [-0.05, 0) is 68.7 Å². The summed E-state index contributed by atoms with van der Waals surface area (Å²) in [5.41, 5.74) is 4.77. The van der Waals surface area contributed by atoms with E-state index in [2.05, 4.69) is 4.90 Å². The molecule has 31 heavy (non-hydrogen) atoms. The summed E-state index contributed by atoms with van der Waals surface area (Å²) >= 11 is 6.16. The van der Waals surface area contributed by atoms with Gasteiger partial charge in [-0.2, -0.15) is 0 Å². The zero-order chi connectivity index (χ0) is 22.9. The molecule has 1 fully saturated rings. The van der Waals surface area contributed by atoms with Gasteiger partial charge in [-0.15, -0.1) is 0 Å². The molecular formula is C23H30ClN3O3S. The molecule has 8 heteroatoms. The van der Waals surface area contributed by atoms with Crippen LogP contribution in [-0.4, -0.2) is 57.7 Å². The van der Waals surface area contributed by atoms with Gasteiger partial charge in [0.25, 0.3) is 0 Å². The maximum atomic E-state index is 13.3. The van der Waals surface area contributed by atoms with Crippen LogP contribution in [-0.2, 0) is 14.8 Å². The number of hydrogen-bond acceptors (Lipinski definition) is 4. The Morgan fingerprint density at radius 3 is 2.16 bits per heavy atom. The fourth-order valence-corrected chi connectivity index (χ4v) is 5.35. The molecule has 0 N–H and O–H groups in total. The molecule has 0 aliphatic carbocycles. The van der Waals surface area contributed by atoms with Crippen LogP contribution in [0.5, 0.6) is 0 Å². The van der Waals surface area contributed by atoms with Crippen LogP contribution in [0.4, 0.5) is 11.4 Å². The topological polar surface area (TPSA) is 60.9 Å². The van der Waals surface area contributed by atoms with Crippen LogP contribution in [0.2, 0.25) is 5.02 Å². The van der Waals surface area contributed by atoms with Gasteiger partial charge in [0.15, 0.2) is 0 Å². The van der Waals surface area contributed by atoms with E-state index in [-0.39, 0.29) is 5.91 Å². The molecule has 0 aromatic heterocycles. The number of halogens is 1. The maximum Gasteiger partial charge on any atom is 0.246 e. The minimum Gasteiger partial charge on any atom is -0.368 e. The number of aryl methyl sites for hydroxylation is 3. The first-order valence-electron chi connectivity index (χ1n) is 10.4. The van der Waals surface area contributed by atoms with Crippen molar-refractivity contribution in [3.05, 3.63) is 58.1 Å². The largest absolute Gasteiger partial charge is 0.368 e. The molecule has 168 valence electrons. The predicted octanol–water partition coefficient (Wildman–Crippen LogP) is 3.77. The Bertz CT molecular complexity index is 1080. The number of piperazine rings is 1. The lowest BCUT2D eigenvalue weighted by atomic mass is 10.1. The van der Waals surface area contributed by atoms with Crippen molar-refractivity contribution in [1.29, 1.82) is 0 Å². The molecule has 1 aliphatic rings. The van der Waals surface area contributed by atoms with Gasteiger partial charge in [0.05, 0.1) is 11.9 Å². The van der Waals surface area contributed by atoms with Gasteiger partial charge in [0, 0.05) is 36.9 Å². The van der Waals surface area contributed by atoms with Crippen molar-refractivity contribution < 1.29 is 13.2 Å². The Labute approximate surface area is 190 Å². The molecule has 0 radical (unpaired) electrons. The highest BCUT2D eigenvalue weighted by molar-refractivity contribution is 7.92. The average molecular weight is 464 g/mol. The molecule has 0 bridgehead atoms. The molecule has 1 heterocycles. The first-order valence-corrected chi connectivity index (χ1v) is 12.6. The van der Waals surface area contributed by atoms with Gasteiger partial charge in [-0.1, -0.05) is 23.7 Å². The second-order valence-electron chi connectivity index (χ2n) is 8.25. The van der Waals surface area contributed by atoms with Crippen LogP contribution in [0.1, 0.15) is 23.6 Å². The van der Waals surface area contributed by atoms with Crippen molar-refractivity contribution in [2.45, 2.75) is 33.7 Å². The van der Waals surface area contributed by atoms with Crippen molar-refractivity contribution in [3.63, 3.8) is 0 Å². The number of benzene rings is 2. The van der Waals surface area contributed by atoms with Crippen molar-refractivity contribution in [1.82, 2.24) is 4.90 Å². The summed E-state index contributed by atoms with van der Waals surface area (Å²) in [6, 6.07) is 10.4. The van der Waals surface area contributed by atoms with Gasteiger partial charge in [0.2, 0.25) is 15.9 Å². The van der Waals surface area contributed by atoms with E-state index in [4.69, 9.17) is 11.6 Å². The highest BCUT2D eigenvalue weighted by Crippen LogP contribution is 2.27. The number of amides is 1. The number of sulfonamides is 1. The first-order chi connectivity index (χ1) is 14.5. The molecule has 3 rings (SSSR count). The van der Waals surface area contributed by atoms with E-state index in [9.17, 15) is 13.2 Å². The van der Waals surface area contributed by atoms with Crippen LogP contribution < -0.4 is 9.21 Å². The molecule has 1 amide bonds. The Balaban J connectivity index is 1.77. The molecule has 0 saturated carbocycles. The third-order valence-corrected chi connectivity index (χ3v) is 7.39. The fraction of sp³-hybridized carbons (Fsp3) is 0.435. The molecule has 1 aliphatic heterocycles. The Morgan fingerprint density at radius 2 is 1.58 bits per heavy atom. The Kier molecular flexibility index (Phi) is 6.86. The molecule has 1 saturated heterocycles. The lowest BCUT2D eigenvalue weighted by molar-refractivity contribution is -0.132. The van der Waals surface area contributed by atoms with E-state index in [1.807, 2.05) is 51.1 Å². The summed E-state index contributed by atoms with van der Waals surface area (Å²) in [4.78, 5) is 17.2. The SMILES string of the molecule is Cc1ccc(N([C@H](C)C(=O)N2CCN(c3cc(Cl)ccc3C)CC2)S(C)(=O)=O)cc1C. The van der Waals surface area contributed by atoms with Crippen LogP contribution >= 0.6 is 11.6 Å². The van der Waals surface area contributed by atoms with Gasteiger partial charge in [-0.25, -0.2) is 8.42 Å². The highest BCUT2D eigenvalue weighted by atomic mass is 35.5. The number of rotatable bonds is 5. The molecular weight excluding hydrogens is 434 g/mol. The van der Waals surface area contributed by atoms with E-state index in [1.165, 1.54) is 4.31 Å². The van der Waals surface area contributed by atoms with E-state index in [0.717, 1.165) is 28.6 Å². The quantitative estimate of drug-likeness (QED) is 0.677. The average Bonchev–Trinajstić information content (AvgIpc) is 2.71. The van der Waals surface area contributed by atoms with E-state index in [0.29, 0.717) is 36.9 Å². The van der Waals surface area contributed by atoms with E-state index >= 15 is 0 Å². The monoisotopic (exact) mass is 463 g/mol.